The van der Waals surface area contributed by atoms with E-state index in [1.54, 1.807) is 0 Å². The van der Waals surface area contributed by atoms with Crippen LogP contribution in [0.1, 0.15) is 18.4 Å². The summed E-state index contributed by atoms with van der Waals surface area (Å²) in [4.78, 5) is 14.2. The summed E-state index contributed by atoms with van der Waals surface area (Å²) in [6.07, 6.45) is 1.77. The van der Waals surface area contributed by atoms with E-state index in [4.69, 9.17) is 4.74 Å². The van der Waals surface area contributed by atoms with E-state index in [1.807, 2.05) is 0 Å². The Morgan fingerprint density at radius 1 is 1.00 bits per heavy atom. The van der Waals surface area contributed by atoms with Gasteiger partial charge in [0, 0.05) is 6.54 Å². The zero-order chi connectivity index (χ0) is 17.2. The average Bonchev–Trinajstić information content (AvgIpc) is 2.67. The second-order valence-electron chi connectivity index (χ2n) is 6.87. The van der Waals surface area contributed by atoms with Crippen LogP contribution in [0, 0.1) is 5.92 Å². The molecule has 1 fully saturated rings. The number of hydrogen-bond acceptors (Lipinski definition) is 3. The Bertz CT molecular complexity index is 856. The van der Waals surface area contributed by atoms with Gasteiger partial charge in [-0.15, -0.1) is 0 Å². The van der Waals surface area contributed by atoms with Crippen LogP contribution in [0.25, 0.3) is 21.5 Å². The van der Waals surface area contributed by atoms with E-state index in [0.717, 1.165) is 32.5 Å². The topological polar surface area (TPSA) is 29.5 Å². The third kappa shape index (κ3) is 3.12. The number of carbonyl (C=O) groups excluding carboxylic acids is 1. The number of fused-ring (bicyclic) bond motifs is 2. The first-order valence-electron chi connectivity index (χ1n) is 8.96. The summed E-state index contributed by atoms with van der Waals surface area (Å²) in [6.45, 7) is 2.81. The Balaban J connectivity index is 1.65. The first-order chi connectivity index (χ1) is 12.3. The minimum atomic E-state index is -0.0599. The SMILES string of the molecule is COC(=O)C1CCN(Cc2c3ccccc3cc3ccccc23)CC1. The van der Waals surface area contributed by atoms with E-state index >= 15 is 0 Å². The minimum Gasteiger partial charge on any atom is -0.469 e. The number of nitrogens with zero attached hydrogens (tertiary/aromatic N) is 1. The molecule has 0 aliphatic carbocycles. The highest BCUT2D eigenvalue weighted by Crippen LogP contribution is 2.30. The molecule has 0 aromatic heterocycles. The molecule has 0 N–H and O–H groups in total. The quantitative estimate of drug-likeness (QED) is 0.526. The van der Waals surface area contributed by atoms with Crippen LogP contribution in [-0.4, -0.2) is 31.1 Å². The van der Waals surface area contributed by atoms with E-state index < -0.39 is 0 Å². The van der Waals surface area contributed by atoms with Crippen LogP contribution in [0.3, 0.4) is 0 Å². The highest BCUT2D eigenvalue weighted by atomic mass is 16.5. The van der Waals surface area contributed by atoms with Crippen molar-refractivity contribution < 1.29 is 9.53 Å². The molecule has 1 saturated heterocycles. The summed E-state index contributed by atoms with van der Waals surface area (Å²) in [6, 6.07) is 19.5. The van der Waals surface area contributed by atoms with Crippen molar-refractivity contribution in [3.05, 3.63) is 60.2 Å². The Morgan fingerprint density at radius 3 is 2.12 bits per heavy atom. The Kier molecular flexibility index (Phi) is 4.41. The number of ether oxygens (including phenoxy) is 1. The number of carbonyl (C=O) groups is 1. The predicted molar refractivity (Wildman–Crippen MR) is 101 cm³/mol. The minimum absolute atomic E-state index is 0.0599. The summed E-state index contributed by atoms with van der Waals surface area (Å²) >= 11 is 0. The van der Waals surface area contributed by atoms with Gasteiger partial charge < -0.3 is 4.74 Å². The first-order valence-corrected chi connectivity index (χ1v) is 8.96. The number of methoxy groups -OCH3 is 1. The lowest BCUT2D eigenvalue weighted by Crippen LogP contribution is -2.36. The van der Waals surface area contributed by atoms with Gasteiger partial charge in [-0.3, -0.25) is 9.69 Å². The highest BCUT2D eigenvalue weighted by Gasteiger charge is 2.26. The van der Waals surface area contributed by atoms with Gasteiger partial charge in [-0.25, -0.2) is 0 Å². The molecule has 0 saturated carbocycles. The van der Waals surface area contributed by atoms with Crippen LogP contribution in [0.2, 0.25) is 0 Å². The molecule has 3 heteroatoms. The molecular formula is C22H23NO2. The van der Waals surface area contributed by atoms with Crippen molar-refractivity contribution in [3.8, 4) is 0 Å². The van der Waals surface area contributed by atoms with Crippen molar-refractivity contribution in [2.24, 2.45) is 5.92 Å². The molecule has 1 aliphatic rings. The molecule has 0 spiro atoms. The Labute approximate surface area is 148 Å². The van der Waals surface area contributed by atoms with Crippen LogP contribution in [-0.2, 0) is 16.1 Å². The third-order valence-corrected chi connectivity index (χ3v) is 5.39. The fourth-order valence-electron chi connectivity index (χ4n) is 4.00. The van der Waals surface area contributed by atoms with Gasteiger partial charge in [-0.05, 0) is 59.1 Å². The summed E-state index contributed by atoms with van der Waals surface area (Å²) in [5.74, 6) is 0.000715. The van der Waals surface area contributed by atoms with Crippen molar-refractivity contribution in [2.45, 2.75) is 19.4 Å². The number of piperidine rings is 1. The summed E-state index contributed by atoms with van der Waals surface area (Å²) in [5.41, 5.74) is 1.39. The van der Waals surface area contributed by atoms with Gasteiger partial charge >= 0.3 is 5.97 Å². The van der Waals surface area contributed by atoms with Crippen molar-refractivity contribution in [1.82, 2.24) is 4.90 Å². The first kappa shape index (κ1) is 16.1. The molecule has 0 radical (unpaired) electrons. The molecule has 3 nitrogen and oxygen atoms in total. The molecular weight excluding hydrogens is 310 g/mol. The highest BCUT2D eigenvalue weighted by molar-refractivity contribution is 6.02. The zero-order valence-corrected chi connectivity index (χ0v) is 14.6. The fraction of sp³-hybridized carbons (Fsp3) is 0.318. The van der Waals surface area contributed by atoms with Gasteiger partial charge in [0.25, 0.3) is 0 Å². The van der Waals surface area contributed by atoms with Crippen LogP contribution in [0.15, 0.2) is 54.6 Å². The standard InChI is InChI=1S/C22H23NO2/c1-25-22(24)16-10-12-23(13-11-16)15-21-19-8-4-2-6-17(19)14-18-7-3-5-9-20(18)21/h2-9,14,16H,10-13,15H2,1H3. The number of rotatable bonds is 3. The van der Waals surface area contributed by atoms with Crippen LogP contribution in [0.5, 0.6) is 0 Å². The predicted octanol–water partition coefficient (Wildman–Crippen LogP) is 4.38. The van der Waals surface area contributed by atoms with Crippen molar-refractivity contribution in [2.75, 3.05) is 20.2 Å². The van der Waals surface area contributed by atoms with E-state index in [-0.39, 0.29) is 11.9 Å². The summed E-state index contributed by atoms with van der Waals surface area (Å²) < 4.78 is 4.90. The van der Waals surface area contributed by atoms with Gasteiger partial charge in [0.2, 0.25) is 0 Å². The summed E-state index contributed by atoms with van der Waals surface area (Å²) in [7, 11) is 1.48. The van der Waals surface area contributed by atoms with E-state index in [1.165, 1.54) is 34.2 Å². The van der Waals surface area contributed by atoms with Gasteiger partial charge in [-0.1, -0.05) is 48.5 Å². The molecule has 3 aromatic rings. The third-order valence-electron chi connectivity index (χ3n) is 5.39. The van der Waals surface area contributed by atoms with Gasteiger partial charge in [0.1, 0.15) is 0 Å². The fourth-order valence-corrected chi connectivity index (χ4v) is 4.00. The largest absolute Gasteiger partial charge is 0.469 e. The number of benzene rings is 3. The molecule has 0 amide bonds. The van der Waals surface area contributed by atoms with E-state index in [0.29, 0.717) is 0 Å². The molecule has 1 heterocycles. The normalized spacial score (nSPS) is 16.4. The number of hydrogen-bond donors (Lipinski definition) is 0. The molecule has 4 rings (SSSR count). The zero-order valence-electron chi connectivity index (χ0n) is 14.6. The van der Waals surface area contributed by atoms with Crippen LogP contribution >= 0.6 is 0 Å². The maximum absolute atomic E-state index is 11.7. The second-order valence-corrected chi connectivity index (χ2v) is 6.87. The molecule has 0 unspecified atom stereocenters. The van der Waals surface area contributed by atoms with Gasteiger partial charge in [0.15, 0.2) is 0 Å². The van der Waals surface area contributed by atoms with E-state index in [9.17, 15) is 4.79 Å². The maximum Gasteiger partial charge on any atom is 0.308 e. The smallest absolute Gasteiger partial charge is 0.308 e. The lowest BCUT2D eigenvalue weighted by molar-refractivity contribution is -0.147. The Morgan fingerprint density at radius 2 is 1.56 bits per heavy atom. The molecule has 128 valence electrons. The Hall–Kier alpha value is -2.39. The van der Waals surface area contributed by atoms with E-state index in [2.05, 4.69) is 59.5 Å². The lowest BCUT2D eigenvalue weighted by Gasteiger charge is -2.31. The maximum atomic E-state index is 11.7. The lowest BCUT2D eigenvalue weighted by atomic mass is 9.94. The molecule has 1 aliphatic heterocycles. The average molecular weight is 333 g/mol. The molecule has 25 heavy (non-hydrogen) atoms. The molecule has 3 aromatic carbocycles. The van der Waals surface area contributed by atoms with Crippen molar-refractivity contribution >= 4 is 27.5 Å². The van der Waals surface area contributed by atoms with Crippen molar-refractivity contribution in [3.63, 3.8) is 0 Å². The second kappa shape index (κ2) is 6.85. The van der Waals surface area contributed by atoms with Gasteiger partial charge in [-0.2, -0.15) is 0 Å². The van der Waals surface area contributed by atoms with Crippen molar-refractivity contribution in [1.29, 1.82) is 0 Å². The summed E-state index contributed by atoms with van der Waals surface area (Å²) in [5, 5.41) is 5.24. The van der Waals surface area contributed by atoms with Crippen LogP contribution in [0.4, 0.5) is 0 Å². The number of likely N-dealkylation sites (tertiary alicyclic amines) is 1. The number of esters is 1. The van der Waals surface area contributed by atoms with Crippen LogP contribution < -0.4 is 0 Å². The molecule has 0 atom stereocenters. The molecule has 0 bridgehead atoms. The van der Waals surface area contributed by atoms with Gasteiger partial charge in [0.05, 0.1) is 13.0 Å². The monoisotopic (exact) mass is 333 g/mol.